The molecular weight excluding hydrogens is 356 g/mol. The number of hydrogen-bond donors (Lipinski definition) is 3. The highest BCUT2D eigenvalue weighted by molar-refractivity contribution is 5.94. The van der Waals surface area contributed by atoms with Crippen LogP contribution in [0.1, 0.15) is 29.6 Å². The number of unbranched alkanes of at least 4 members (excludes halogenated alkanes) is 2. The third-order valence-corrected chi connectivity index (χ3v) is 4.35. The molecule has 0 atom stereocenters. The van der Waals surface area contributed by atoms with E-state index in [0.717, 1.165) is 30.7 Å². The van der Waals surface area contributed by atoms with Crippen LogP contribution in [0.2, 0.25) is 0 Å². The van der Waals surface area contributed by atoms with Gasteiger partial charge in [-0.1, -0.05) is 18.2 Å². The van der Waals surface area contributed by atoms with Crippen LogP contribution in [-0.4, -0.2) is 55.6 Å². The number of hydrogen-bond acceptors (Lipinski definition) is 5. The molecule has 2 rings (SSSR count). The van der Waals surface area contributed by atoms with Gasteiger partial charge in [0.25, 0.3) is 5.91 Å². The van der Waals surface area contributed by atoms with Crippen LogP contribution in [0.15, 0.2) is 54.6 Å². The Morgan fingerprint density at radius 1 is 0.893 bits per heavy atom. The average molecular weight is 386 g/mol. The summed E-state index contributed by atoms with van der Waals surface area (Å²) in [7, 11) is 0. The van der Waals surface area contributed by atoms with Gasteiger partial charge in [0.1, 0.15) is 5.75 Å². The van der Waals surface area contributed by atoms with Crippen molar-refractivity contribution in [2.75, 3.05) is 44.4 Å². The van der Waals surface area contributed by atoms with Crippen molar-refractivity contribution in [3.8, 4) is 5.75 Å². The number of aliphatic hydroxyl groups is 2. The van der Waals surface area contributed by atoms with Gasteiger partial charge in [-0.15, -0.1) is 0 Å². The lowest BCUT2D eigenvalue weighted by molar-refractivity contribution is 0.0953. The molecular formula is C22H30N2O4. The third kappa shape index (κ3) is 7.58. The Labute approximate surface area is 166 Å². The molecule has 0 saturated carbocycles. The summed E-state index contributed by atoms with van der Waals surface area (Å²) in [6.45, 7) is 2.36. The predicted molar refractivity (Wildman–Crippen MR) is 111 cm³/mol. The zero-order valence-corrected chi connectivity index (χ0v) is 16.2. The van der Waals surface area contributed by atoms with Gasteiger partial charge in [-0.05, 0) is 55.7 Å². The fourth-order valence-corrected chi connectivity index (χ4v) is 2.85. The largest absolute Gasteiger partial charge is 0.494 e. The molecule has 0 fully saturated rings. The van der Waals surface area contributed by atoms with Gasteiger partial charge in [0, 0.05) is 30.9 Å². The Morgan fingerprint density at radius 2 is 1.57 bits per heavy atom. The van der Waals surface area contributed by atoms with Gasteiger partial charge in [0.2, 0.25) is 0 Å². The normalized spacial score (nSPS) is 10.5. The quantitative estimate of drug-likeness (QED) is 0.461. The van der Waals surface area contributed by atoms with Crippen molar-refractivity contribution in [2.45, 2.75) is 19.3 Å². The van der Waals surface area contributed by atoms with Crippen LogP contribution < -0.4 is 15.0 Å². The summed E-state index contributed by atoms with van der Waals surface area (Å²) in [6, 6.07) is 16.9. The fourth-order valence-electron chi connectivity index (χ4n) is 2.85. The number of ether oxygens (including phenoxy) is 1. The van der Waals surface area contributed by atoms with E-state index < -0.39 is 0 Å². The first-order chi connectivity index (χ1) is 13.7. The molecule has 0 aliphatic carbocycles. The van der Waals surface area contributed by atoms with Crippen molar-refractivity contribution in [2.24, 2.45) is 0 Å². The van der Waals surface area contributed by atoms with E-state index in [1.807, 2.05) is 47.4 Å². The van der Waals surface area contributed by atoms with E-state index in [2.05, 4.69) is 5.32 Å². The summed E-state index contributed by atoms with van der Waals surface area (Å²) in [5, 5.41) is 21.1. The lowest BCUT2D eigenvalue weighted by Crippen LogP contribution is -2.29. The molecule has 0 aliphatic heterocycles. The van der Waals surface area contributed by atoms with Crippen LogP contribution in [0.5, 0.6) is 5.75 Å². The molecule has 0 saturated heterocycles. The molecule has 2 aromatic rings. The van der Waals surface area contributed by atoms with Gasteiger partial charge in [0.05, 0.1) is 19.8 Å². The molecule has 3 N–H and O–H groups in total. The molecule has 0 aliphatic rings. The first-order valence-corrected chi connectivity index (χ1v) is 9.77. The molecule has 0 aromatic heterocycles. The lowest BCUT2D eigenvalue weighted by Gasteiger charge is -2.23. The van der Waals surface area contributed by atoms with Crippen LogP contribution in [0, 0.1) is 0 Å². The van der Waals surface area contributed by atoms with E-state index in [1.165, 1.54) is 0 Å². The van der Waals surface area contributed by atoms with Gasteiger partial charge in [-0.25, -0.2) is 0 Å². The third-order valence-electron chi connectivity index (χ3n) is 4.35. The first-order valence-electron chi connectivity index (χ1n) is 9.77. The monoisotopic (exact) mass is 386 g/mol. The number of nitrogens with zero attached hydrogens (tertiary/aromatic N) is 1. The molecule has 28 heavy (non-hydrogen) atoms. The molecule has 0 unspecified atom stereocenters. The molecule has 1 amide bonds. The van der Waals surface area contributed by atoms with Crippen LogP contribution >= 0.6 is 0 Å². The number of benzene rings is 2. The van der Waals surface area contributed by atoms with Crippen molar-refractivity contribution in [1.82, 2.24) is 5.32 Å². The van der Waals surface area contributed by atoms with E-state index in [9.17, 15) is 4.79 Å². The standard InChI is InChI=1S/C22H30N2O4/c25-16-14-24(15-17-26)20-9-11-21(12-10-20)28-18-6-2-5-13-23-22(27)19-7-3-1-4-8-19/h1,3-4,7-12,25-26H,2,5-6,13-18H2,(H,23,27). The van der Waals surface area contributed by atoms with Crippen molar-refractivity contribution in [1.29, 1.82) is 0 Å². The highest BCUT2D eigenvalue weighted by Gasteiger charge is 2.06. The van der Waals surface area contributed by atoms with Crippen LogP contribution in [-0.2, 0) is 0 Å². The maximum absolute atomic E-state index is 11.9. The van der Waals surface area contributed by atoms with Crippen LogP contribution in [0.3, 0.4) is 0 Å². The highest BCUT2D eigenvalue weighted by Crippen LogP contribution is 2.19. The second-order valence-corrected chi connectivity index (χ2v) is 6.46. The molecule has 6 nitrogen and oxygen atoms in total. The van der Waals surface area contributed by atoms with E-state index in [1.54, 1.807) is 12.1 Å². The first kappa shape index (κ1) is 21.7. The Balaban J connectivity index is 1.60. The minimum Gasteiger partial charge on any atom is -0.494 e. The average Bonchev–Trinajstić information content (AvgIpc) is 2.74. The van der Waals surface area contributed by atoms with E-state index in [-0.39, 0.29) is 19.1 Å². The van der Waals surface area contributed by atoms with Gasteiger partial charge < -0.3 is 25.2 Å². The fraction of sp³-hybridized carbons (Fsp3) is 0.409. The SMILES string of the molecule is O=C(NCCCCCOc1ccc(N(CCO)CCO)cc1)c1ccccc1. The minimum atomic E-state index is -0.0339. The number of carbonyl (C=O) groups excluding carboxylic acids is 1. The second kappa shape index (κ2) is 12.8. The Hall–Kier alpha value is -2.57. The topological polar surface area (TPSA) is 82.0 Å². The Kier molecular flexibility index (Phi) is 9.89. The number of aliphatic hydroxyl groups excluding tert-OH is 2. The number of nitrogens with one attached hydrogen (secondary N) is 1. The molecule has 2 aromatic carbocycles. The summed E-state index contributed by atoms with van der Waals surface area (Å²) < 4.78 is 5.75. The van der Waals surface area contributed by atoms with Crippen molar-refractivity contribution in [3.05, 3.63) is 60.2 Å². The lowest BCUT2D eigenvalue weighted by atomic mass is 10.2. The molecule has 0 radical (unpaired) electrons. The zero-order valence-electron chi connectivity index (χ0n) is 16.2. The molecule has 6 heteroatoms. The number of carbonyl (C=O) groups is 1. The highest BCUT2D eigenvalue weighted by atomic mass is 16.5. The number of rotatable bonds is 13. The number of amides is 1. The Morgan fingerprint density at radius 3 is 2.21 bits per heavy atom. The summed E-state index contributed by atoms with van der Waals surface area (Å²) in [5.41, 5.74) is 1.63. The summed E-state index contributed by atoms with van der Waals surface area (Å²) in [6.07, 6.45) is 2.82. The van der Waals surface area contributed by atoms with Gasteiger partial charge in [-0.3, -0.25) is 4.79 Å². The second-order valence-electron chi connectivity index (χ2n) is 6.46. The molecule has 0 bridgehead atoms. The minimum absolute atomic E-state index is 0.0339. The molecule has 0 heterocycles. The van der Waals surface area contributed by atoms with Crippen molar-refractivity contribution in [3.63, 3.8) is 0 Å². The summed E-state index contributed by atoms with van der Waals surface area (Å²) in [4.78, 5) is 13.8. The van der Waals surface area contributed by atoms with Crippen molar-refractivity contribution >= 4 is 11.6 Å². The molecule has 152 valence electrons. The van der Waals surface area contributed by atoms with E-state index >= 15 is 0 Å². The molecule has 0 spiro atoms. The smallest absolute Gasteiger partial charge is 0.251 e. The summed E-state index contributed by atoms with van der Waals surface area (Å²) in [5.74, 6) is 0.766. The maximum atomic E-state index is 11.9. The van der Waals surface area contributed by atoms with Gasteiger partial charge in [0.15, 0.2) is 0 Å². The summed E-state index contributed by atoms with van der Waals surface area (Å²) >= 11 is 0. The maximum Gasteiger partial charge on any atom is 0.251 e. The van der Waals surface area contributed by atoms with E-state index in [4.69, 9.17) is 14.9 Å². The van der Waals surface area contributed by atoms with Crippen LogP contribution in [0.25, 0.3) is 0 Å². The Bertz CT molecular complexity index is 671. The van der Waals surface area contributed by atoms with Gasteiger partial charge in [-0.2, -0.15) is 0 Å². The van der Waals surface area contributed by atoms with Crippen molar-refractivity contribution < 1.29 is 19.7 Å². The zero-order chi connectivity index (χ0) is 20.0. The van der Waals surface area contributed by atoms with E-state index in [0.29, 0.717) is 31.8 Å². The van der Waals surface area contributed by atoms with Crippen LogP contribution in [0.4, 0.5) is 5.69 Å². The predicted octanol–water partition coefficient (Wildman–Crippen LogP) is 2.46. The number of anilines is 1. The van der Waals surface area contributed by atoms with Gasteiger partial charge >= 0.3 is 0 Å².